The Morgan fingerprint density at radius 3 is 2.24 bits per heavy atom. The number of anilines is 1. The molecule has 0 fully saturated rings. The monoisotopic (exact) mass is 442 g/mol. The van der Waals surface area contributed by atoms with Gasteiger partial charge in [-0.3, -0.25) is 14.5 Å². The van der Waals surface area contributed by atoms with Gasteiger partial charge in [0.15, 0.2) is 0 Å². The van der Waals surface area contributed by atoms with Crippen LogP contribution in [0, 0.1) is 13.8 Å². The van der Waals surface area contributed by atoms with E-state index < -0.39 is 0 Å². The number of ether oxygens (including phenoxy) is 2. The molecule has 1 aliphatic heterocycles. The van der Waals surface area contributed by atoms with Crippen molar-refractivity contribution in [2.45, 2.75) is 20.4 Å². The molecule has 6 heteroatoms. The lowest BCUT2D eigenvalue weighted by molar-refractivity contribution is -0.137. The Balaban J connectivity index is 1.76. The minimum atomic E-state index is -0.378. The highest BCUT2D eigenvalue weighted by Gasteiger charge is 2.40. The summed E-state index contributed by atoms with van der Waals surface area (Å²) in [5.41, 5.74) is 4.82. The van der Waals surface area contributed by atoms with Crippen molar-refractivity contribution in [2.75, 3.05) is 19.5 Å². The van der Waals surface area contributed by atoms with E-state index in [0.717, 1.165) is 22.3 Å². The van der Waals surface area contributed by atoms with E-state index in [-0.39, 0.29) is 24.1 Å². The van der Waals surface area contributed by atoms with Crippen LogP contribution in [0.3, 0.4) is 0 Å². The molecule has 0 saturated carbocycles. The summed E-state index contributed by atoms with van der Waals surface area (Å²) in [7, 11) is 3.17. The maximum absolute atomic E-state index is 13.6. The molecule has 0 bridgehead atoms. The van der Waals surface area contributed by atoms with E-state index in [0.29, 0.717) is 22.8 Å². The van der Waals surface area contributed by atoms with Crippen LogP contribution < -0.4 is 14.8 Å². The number of imide groups is 1. The van der Waals surface area contributed by atoms with Gasteiger partial charge in [-0.05, 0) is 55.3 Å². The Bertz CT molecular complexity index is 1250. The van der Waals surface area contributed by atoms with E-state index in [4.69, 9.17) is 9.47 Å². The summed E-state index contributed by atoms with van der Waals surface area (Å²) >= 11 is 0. The first-order valence-electron chi connectivity index (χ1n) is 10.6. The molecule has 4 rings (SSSR count). The molecule has 0 atom stereocenters. The average molecular weight is 443 g/mol. The van der Waals surface area contributed by atoms with Gasteiger partial charge in [-0.1, -0.05) is 42.0 Å². The van der Waals surface area contributed by atoms with Crippen LogP contribution in [0.25, 0.3) is 5.57 Å². The fourth-order valence-electron chi connectivity index (χ4n) is 4.00. The summed E-state index contributed by atoms with van der Waals surface area (Å²) in [6, 6.07) is 20.5. The predicted octanol–water partition coefficient (Wildman–Crippen LogP) is 4.71. The highest BCUT2D eigenvalue weighted by atomic mass is 16.5. The number of nitrogens with one attached hydrogen (secondary N) is 1. The van der Waals surface area contributed by atoms with Crippen molar-refractivity contribution in [3.05, 3.63) is 94.7 Å². The standard InChI is InChI=1S/C27H26N2O4/c1-17-9-14-22(18(2)15-17)24-25(28-20-10-12-21(32-3)13-11-20)27(31)29(26(24)30)16-19-7-5-6-8-23(19)33-4/h5-15,28H,16H2,1-4H3. The summed E-state index contributed by atoms with van der Waals surface area (Å²) in [5, 5.41) is 3.19. The molecular weight excluding hydrogens is 416 g/mol. The number of methoxy groups -OCH3 is 2. The molecule has 2 amide bonds. The van der Waals surface area contributed by atoms with Crippen LogP contribution in [0.5, 0.6) is 11.5 Å². The van der Waals surface area contributed by atoms with E-state index in [9.17, 15) is 9.59 Å². The normalized spacial score (nSPS) is 13.5. The number of rotatable bonds is 7. The highest BCUT2D eigenvalue weighted by Crippen LogP contribution is 2.34. The quantitative estimate of drug-likeness (QED) is 0.537. The zero-order valence-electron chi connectivity index (χ0n) is 19.1. The first-order chi connectivity index (χ1) is 15.9. The van der Waals surface area contributed by atoms with Crippen LogP contribution in [0.15, 0.2) is 72.4 Å². The molecule has 3 aromatic carbocycles. The second-order valence-corrected chi connectivity index (χ2v) is 7.93. The molecule has 6 nitrogen and oxygen atoms in total. The van der Waals surface area contributed by atoms with Gasteiger partial charge in [0.25, 0.3) is 11.8 Å². The van der Waals surface area contributed by atoms with E-state index in [1.54, 1.807) is 26.4 Å². The maximum atomic E-state index is 13.6. The van der Waals surface area contributed by atoms with Crippen LogP contribution in [0.1, 0.15) is 22.3 Å². The summed E-state index contributed by atoms with van der Waals surface area (Å²) < 4.78 is 10.6. The Morgan fingerprint density at radius 1 is 0.848 bits per heavy atom. The summed E-state index contributed by atoms with van der Waals surface area (Å²) in [6.45, 7) is 4.06. The molecule has 0 radical (unpaired) electrons. The highest BCUT2D eigenvalue weighted by molar-refractivity contribution is 6.36. The number of amides is 2. The maximum Gasteiger partial charge on any atom is 0.278 e. The Labute approximate surface area is 193 Å². The van der Waals surface area contributed by atoms with Crippen molar-refractivity contribution in [2.24, 2.45) is 0 Å². The van der Waals surface area contributed by atoms with Crippen LogP contribution in [0.4, 0.5) is 5.69 Å². The molecule has 0 aromatic heterocycles. The number of aryl methyl sites for hydroxylation is 2. The van der Waals surface area contributed by atoms with Crippen molar-refractivity contribution in [1.82, 2.24) is 4.90 Å². The van der Waals surface area contributed by atoms with Gasteiger partial charge in [0.1, 0.15) is 17.2 Å². The molecule has 168 valence electrons. The van der Waals surface area contributed by atoms with Crippen molar-refractivity contribution in [1.29, 1.82) is 0 Å². The van der Waals surface area contributed by atoms with E-state index in [1.165, 1.54) is 4.90 Å². The molecule has 0 spiro atoms. The minimum absolute atomic E-state index is 0.115. The van der Waals surface area contributed by atoms with Crippen LogP contribution in [-0.4, -0.2) is 30.9 Å². The average Bonchev–Trinajstić information content (AvgIpc) is 3.04. The molecular formula is C27H26N2O4. The molecule has 1 aliphatic rings. The predicted molar refractivity (Wildman–Crippen MR) is 128 cm³/mol. The minimum Gasteiger partial charge on any atom is -0.497 e. The van der Waals surface area contributed by atoms with Gasteiger partial charge < -0.3 is 14.8 Å². The second kappa shape index (κ2) is 9.20. The smallest absolute Gasteiger partial charge is 0.278 e. The van der Waals surface area contributed by atoms with E-state index in [1.807, 2.05) is 68.4 Å². The number of hydrogen-bond donors (Lipinski definition) is 1. The lowest BCUT2D eigenvalue weighted by Gasteiger charge is -2.17. The zero-order valence-corrected chi connectivity index (χ0v) is 19.1. The third-order valence-electron chi connectivity index (χ3n) is 5.70. The van der Waals surface area contributed by atoms with Crippen LogP contribution in [0.2, 0.25) is 0 Å². The van der Waals surface area contributed by atoms with Gasteiger partial charge in [-0.25, -0.2) is 0 Å². The van der Waals surface area contributed by atoms with Gasteiger partial charge in [0.2, 0.25) is 0 Å². The van der Waals surface area contributed by atoms with Crippen molar-refractivity contribution in [3.8, 4) is 11.5 Å². The Morgan fingerprint density at radius 2 is 1.58 bits per heavy atom. The third-order valence-corrected chi connectivity index (χ3v) is 5.70. The largest absolute Gasteiger partial charge is 0.497 e. The van der Waals surface area contributed by atoms with Crippen LogP contribution in [-0.2, 0) is 16.1 Å². The molecule has 0 unspecified atom stereocenters. The number of nitrogens with zero attached hydrogens (tertiary/aromatic N) is 1. The van der Waals surface area contributed by atoms with Gasteiger partial charge in [0.05, 0.1) is 26.3 Å². The van der Waals surface area contributed by atoms with Crippen LogP contribution >= 0.6 is 0 Å². The first kappa shape index (κ1) is 22.1. The van der Waals surface area contributed by atoms with Crippen molar-refractivity contribution in [3.63, 3.8) is 0 Å². The van der Waals surface area contributed by atoms with Crippen molar-refractivity contribution >= 4 is 23.1 Å². The fourth-order valence-corrected chi connectivity index (χ4v) is 4.00. The first-order valence-corrected chi connectivity index (χ1v) is 10.6. The molecule has 1 heterocycles. The Hall–Kier alpha value is -4.06. The number of para-hydroxylation sites is 1. The lowest BCUT2D eigenvalue weighted by Crippen LogP contribution is -2.32. The van der Waals surface area contributed by atoms with Gasteiger partial charge >= 0.3 is 0 Å². The molecule has 0 saturated heterocycles. The number of hydrogen-bond acceptors (Lipinski definition) is 5. The van der Waals surface area contributed by atoms with E-state index >= 15 is 0 Å². The van der Waals surface area contributed by atoms with Gasteiger partial charge in [0, 0.05) is 11.3 Å². The molecule has 33 heavy (non-hydrogen) atoms. The number of carbonyl (C=O) groups excluding carboxylic acids is 2. The fraction of sp³-hybridized carbons (Fsp3) is 0.185. The number of carbonyl (C=O) groups is 2. The topological polar surface area (TPSA) is 67.9 Å². The number of benzene rings is 3. The summed E-state index contributed by atoms with van der Waals surface area (Å²) in [5.74, 6) is 0.615. The lowest BCUT2D eigenvalue weighted by atomic mass is 9.97. The zero-order chi connectivity index (χ0) is 23.5. The molecule has 0 aliphatic carbocycles. The molecule has 3 aromatic rings. The van der Waals surface area contributed by atoms with Gasteiger partial charge in [-0.2, -0.15) is 0 Å². The van der Waals surface area contributed by atoms with Gasteiger partial charge in [-0.15, -0.1) is 0 Å². The summed E-state index contributed by atoms with van der Waals surface area (Å²) in [4.78, 5) is 28.4. The third kappa shape index (κ3) is 4.32. The molecule has 1 N–H and O–H groups in total. The SMILES string of the molecule is COc1ccc(NC2=C(c3ccc(C)cc3C)C(=O)N(Cc3ccccc3OC)C2=O)cc1. The Kier molecular flexibility index (Phi) is 6.18. The summed E-state index contributed by atoms with van der Waals surface area (Å²) in [6.07, 6.45) is 0. The van der Waals surface area contributed by atoms with E-state index in [2.05, 4.69) is 5.32 Å². The van der Waals surface area contributed by atoms with Crippen molar-refractivity contribution < 1.29 is 19.1 Å². The second-order valence-electron chi connectivity index (χ2n) is 7.93.